The lowest BCUT2D eigenvalue weighted by Gasteiger charge is -2.09. The summed E-state index contributed by atoms with van der Waals surface area (Å²) in [6, 6.07) is 6.26. The average Bonchev–Trinajstić information content (AvgIpc) is 2.42. The van der Waals surface area contributed by atoms with Crippen molar-refractivity contribution in [3.63, 3.8) is 0 Å². The second kappa shape index (κ2) is 9.82. The normalized spacial score (nSPS) is 11.4. The van der Waals surface area contributed by atoms with Crippen LogP contribution in [0.1, 0.15) is 51.9 Å². The molecule has 2 N–H and O–H groups in total. The number of rotatable bonds is 11. The van der Waals surface area contributed by atoms with E-state index in [1.807, 2.05) is 0 Å². The maximum absolute atomic E-state index is 10.7. The van der Waals surface area contributed by atoms with Crippen molar-refractivity contribution in [3.8, 4) is 11.5 Å². The van der Waals surface area contributed by atoms with Crippen LogP contribution in [0.2, 0.25) is 0 Å². The summed E-state index contributed by atoms with van der Waals surface area (Å²) in [5.41, 5.74) is 0. The monoisotopic (exact) mass is 316 g/mol. The van der Waals surface area contributed by atoms with Crippen LogP contribution in [-0.4, -0.2) is 16.4 Å². The van der Waals surface area contributed by atoms with E-state index in [0.29, 0.717) is 12.4 Å². The van der Waals surface area contributed by atoms with Crippen LogP contribution in [0, 0.1) is 0 Å². The Morgan fingerprint density at radius 3 is 2.00 bits per heavy atom. The third-order valence-corrected chi connectivity index (χ3v) is 3.51. The van der Waals surface area contributed by atoms with Crippen molar-refractivity contribution in [3.05, 3.63) is 24.3 Å². The fourth-order valence-corrected chi connectivity index (χ4v) is 2.38. The van der Waals surface area contributed by atoms with Gasteiger partial charge in [-0.15, -0.1) is 0 Å². The Kier molecular flexibility index (Phi) is 8.43. The molecular weight excluding hydrogens is 291 g/mol. The number of phosphoric acid groups is 1. The van der Waals surface area contributed by atoms with Crippen LogP contribution in [0.5, 0.6) is 11.5 Å². The number of ether oxygens (including phenoxy) is 1. The molecule has 0 saturated carbocycles. The first-order valence-electron chi connectivity index (χ1n) is 7.49. The first-order valence-corrected chi connectivity index (χ1v) is 9.02. The van der Waals surface area contributed by atoms with Crippen LogP contribution in [0.15, 0.2) is 24.3 Å². The van der Waals surface area contributed by atoms with E-state index in [1.54, 1.807) is 12.1 Å². The third-order valence-electron chi connectivity index (χ3n) is 3.06. The average molecular weight is 316 g/mol. The lowest BCUT2D eigenvalue weighted by Crippen LogP contribution is -1.97. The first-order chi connectivity index (χ1) is 10.0. The second-order valence-electron chi connectivity index (χ2n) is 5.02. The van der Waals surface area contributed by atoms with Gasteiger partial charge in [-0.25, -0.2) is 4.57 Å². The van der Waals surface area contributed by atoms with E-state index >= 15 is 0 Å². The van der Waals surface area contributed by atoms with Gasteiger partial charge in [0.15, 0.2) is 0 Å². The Labute approximate surface area is 126 Å². The number of hydrogen-bond donors (Lipinski definition) is 2. The molecule has 0 saturated heterocycles. The van der Waals surface area contributed by atoms with Crippen LogP contribution >= 0.6 is 7.82 Å². The Balaban J connectivity index is 2.14. The molecular formula is C15H25O5P. The summed E-state index contributed by atoms with van der Waals surface area (Å²) in [6.45, 7) is 2.87. The minimum absolute atomic E-state index is 0.131. The molecule has 0 spiro atoms. The van der Waals surface area contributed by atoms with Crippen molar-refractivity contribution in [1.29, 1.82) is 0 Å². The van der Waals surface area contributed by atoms with Crippen LogP contribution < -0.4 is 9.26 Å². The summed E-state index contributed by atoms with van der Waals surface area (Å²) in [7, 11) is -4.49. The number of unbranched alkanes of at least 4 members (excludes halogenated alkanes) is 6. The Hall–Kier alpha value is -1.03. The molecule has 0 radical (unpaired) electrons. The predicted octanol–water partition coefficient (Wildman–Crippen LogP) is 4.29. The molecule has 0 heterocycles. The third kappa shape index (κ3) is 9.51. The van der Waals surface area contributed by atoms with Gasteiger partial charge in [0, 0.05) is 0 Å². The van der Waals surface area contributed by atoms with Gasteiger partial charge in [-0.1, -0.05) is 45.4 Å². The van der Waals surface area contributed by atoms with Gasteiger partial charge in [0.25, 0.3) is 0 Å². The highest BCUT2D eigenvalue weighted by Gasteiger charge is 2.15. The van der Waals surface area contributed by atoms with Crippen LogP contribution in [0.4, 0.5) is 0 Å². The van der Waals surface area contributed by atoms with Gasteiger partial charge in [-0.3, -0.25) is 9.79 Å². The highest BCUT2D eigenvalue weighted by molar-refractivity contribution is 7.46. The fourth-order valence-electron chi connectivity index (χ4n) is 1.98. The van der Waals surface area contributed by atoms with E-state index in [2.05, 4.69) is 11.4 Å². The van der Waals surface area contributed by atoms with Gasteiger partial charge < -0.3 is 9.26 Å². The Bertz CT molecular complexity index is 426. The van der Waals surface area contributed by atoms with Crippen molar-refractivity contribution in [2.24, 2.45) is 0 Å². The molecule has 0 bridgehead atoms. The van der Waals surface area contributed by atoms with Crippen LogP contribution in [0.25, 0.3) is 0 Å². The highest BCUT2D eigenvalue weighted by Crippen LogP contribution is 2.37. The minimum Gasteiger partial charge on any atom is -0.494 e. The molecule has 5 nitrogen and oxygen atoms in total. The number of hydrogen-bond acceptors (Lipinski definition) is 3. The molecule has 6 heteroatoms. The quantitative estimate of drug-likeness (QED) is 0.470. The van der Waals surface area contributed by atoms with E-state index in [9.17, 15) is 4.57 Å². The molecule has 0 amide bonds. The van der Waals surface area contributed by atoms with Gasteiger partial charge >= 0.3 is 7.82 Å². The molecule has 0 aliphatic heterocycles. The molecule has 1 aromatic rings. The summed E-state index contributed by atoms with van der Waals surface area (Å²) in [4.78, 5) is 17.4. The molecule has 120 valence electrons. The zero-order valence-corrected chi connectivity index (χ0v) is 13.4. The largest absolute Gasteiger partial charge is 0.524 e. The maximum atomic E-state index is 10.7. The highest BCUT2D eigenvalue weighted by atomic mass is 31.2. The second-order valence-corrected chi connectivity index (χ2v) is 6.19. The van der Waals surface area contributed by atoms with Crippen molar-refractivity contribution in [2.75, 3.05) is 6.61 Å². The molecule has 0 atom stereocenters. The van der Waals surface area contributed by atoms with Crippen LogP contribution in [0.3, 0.4) is 0 Å². The molecule has 0 aliphatic rings. The lowest BCUT2D eigenvalue weighted by atomic mass is 10.1. The minimum atomic E-state index is -4.49. The lowest BCUT2D eigenvalue weighted by molar-refractivity contribution is 0.282. The topological polar surface area (TPSA) is 76.0 Å². The van der Waals surface area contributed by atoms with Crippen molar-refractivity contribution in [1.82, 2.24) is 0 Å². The summed E-state index contributed by atoms with van der Waals surface area (Å²) in [6.07, 6.45) is 8.64. The number of benzene rings is 1. The standard InChI is InChI=1S/C15H25O5P/c1-2-3-4-5-6-7-8-13-19-14-9-11-15(12-10-14)20-21(16,17)18/h9-12H,2-8,13H2,1H3,(H2,16,17,18). The predicted molar refractivity (Wildman–Crippen MR) is 82.6 cm³/mol. The van der Waals surface area contributed by atoms with Gasteiger partial charge in [-0.2, -0.15) is 0 Å². The number of phosphoric ester groups is 1. The molecule has 0 unspecified atom stereocenters. The summed E-state index contributed by atoms with van der Waals surface area (Å²) >= 11 is 0. The van der Waals surface area contributed by atoms with Crippen LogP contribution in [-0.2, 0) is 4.57 Å². The molecule has 0 aliphatic carbocycles. The smallest absolute Gasteiger partial charge is 0.494 e. The van der Waals surface area contributed by atoms with Crippen molar-refractivity contribution >= 4 is 7.82 Å². The van der Waals surface area contributed by atoms with E-state index in [-0.39, 0.29) is 5.75 Å². The van der Waals surface area contributed by atoms with Crippen molar-refractivity contribution in [2.45, 2.75) is 51.9 Å². The zero-order chi connectivity index (χ0) is 15.6. The first kappa shape index (κ1) is 18.0. The van der Waals surface area contributed by atoms with Gasteiger partial charge in [0.1, 0.15) is 11.5 Å². The van der Waals surface area contributed by atoms with E-state index < -0.39 is 7.82 Å². The van der Waals surface area contributed by atoms with E-state index in [1.165, 1.54) is 50.7 Å². The molecule has 0 aromatic heterocycles. The molecule has 21 heavy (non-hydrogen) atoms. The van der Waals surface area contributed by atoms with E-state index in [0.717, 1.165) is 6.42 Å². The zero-order valence-electron chi connectivity index (χ0n) is 12.5. The maximum Gasteiger partial charge on any atom is 0.524 e. The fraction of sp³-hybridized carbons (Fsp3) is 0.600. The molecule has 0 fully saturated rings. The van der Waals surface area contributed by atoms with Gasteiger partial charge in [0.05, 0.1) is 6.61 Å². The summed E-state index contributed by atoms with van der Waals surface area (Å²) < 4.78 is 20.7. The molecule has 1 rings (SSSR count). The summed E-state index contributed by atoms with van der Waals surface area (Å²) in [5, 5.41) is 0. The van der Waals surface area contributed by atoms with E-state index in [4.69, 9.17) is 14.5 Å². The Morgan fingerprint density at radius 1 is 0.905 bits per heavy atom. The van der Waals surface area contributed by atoms with Crippen molar-refractivity contribution < 1.29 is 23.6 Å². The van der Waals surface area contributed by atoms with Gasteiger partial charge in [-0.05, 0) is 30.7 Å². The summed E-state index contributed by atoms with van der Waals surface area (Å²) in [5.74, 6) is 0.811. The Morgan fingerprint density at radius 2 is 1.43 bits per heavy atom. The van der Waals surface area contributed by atoms with Gasteiger partial charge in [0.2, 0.25) is 0 Å². The SMILES string of the molecule is CCCCCCCCCOc1ccc(OP(=O)(O)O)cc1. The molecule has 1 aromatic carbocycles.